The molecule has 156 valence electrons. The summed E-state index contributed by atoms with van der Waals surface area (Å²) in [6.07, 6.45) is 2.14. The van der Waals surface area contributed by atoms with E-state index in [0.717, 1.165) is 52.8 Å². The minimum absolute atomic E-state index is 0.0742. The van der Waals surface area contributed by atoms with Crippen molar-refractivity contribution in [1.29, 1.82) is 0 Å². The molecule has 0 radical (unpaired) electrons. The summed E-state index contributed by atoms with van der Waals surface area (Å²) in [5.41, 5.74) is 2.66. The first kappa shape index (κ1) is 20.3. The number of likely N-dealkylation sites (tertiary alicyclic amines) is 1. The number of aromatic nitrogens is 5. The SMILES string of the molecule is CC(=O)c1sc(C2CCN(C(=O)Cc3ccc(-n4nnnc4C)cc3)CC2)nc1C. The molecule has 1 aromatic carbocycles. The van der Waals surface area contributed by atoms with Crippen LogP contribution < -0.4 is 0 Å². The summed E-state index contributed by atoms with van der Waals surface area (Å²) < 4.78 is 1.66. The molecule has 0 N–H and O–H groups in total. The van der Waals surface area contributed by atoms with Crippen LogP contribution in [0, 0.1) is 13.8 Å². The fourth-order valence-corrected chi connectivity index (χ4v) is 4.94. The molecule has 1 amide bonds. The maximum Gasteiger partial charge on any atom is 0.226 e. The van der Waals surface area contributed by atoms with E-state index in [0.29, 0.717) is 18.2 Å². The Morgan fingerprint density at radius 3 is 2.40 bits per heavy atom. The second kappa shape index (κ2) is 8.43. The molecule has 0 unspecified atom stereocenters. The largest absolute Gasteiger partial charge is 0.342 e. The summed E-state index contributed by atoms with van der Waals surface area (Å²) in [5, 5.41) is 12.5. The highest BCUT2D eigenvalue weighted by atomic mass is 32.1. The average Bonchev–Trinajstić information content (AvgIpc) is 3.34. The number of hydrogen-bond acceptors (Lipinski definition) is 7. The maximum absolute atomic E-state index is 12.8. The maximum atomic E-state index is 12.8. The summed E-state index contributed by atoms with van der Waals surface area (Å²) in [6, 6.07) is 7.75. The minimum atomic E-state index is 0.0742. The Bertz CT molecular complexity index is 1060. The topological polar surface area (TPSA) is 93.9 Å². The van der Waals surface area contributed by atoms with Crippen LogP contribution in [-0.4, -0.2) is 54.9 Å². The molecule has 0 aliphatic carbocycles. The molecule has 0 bridgehead atoms. The van der Waals surface area contributed by atoms with Crippen molar-refractivity contribution < 1.29 is 9.59 Å². The van der Waals surface area contributed by atoms with Crippen molar-refractivity contribution >= 4 is 23.0 Å². The van der Waals surface area contributed by atoms with Gasteiger partial charge in [-0.3, -0.25) is 9.59 Å². The van der Waals surface area contributed by atoms with Gasteiger partial charge in [0.2, 0.25) is 5.91 Å². The van der Waals surface area contributed by atoms with E-state index in [1.54, 1.807) is 11.6 Å². The van der Waals surface area contributed by atoms with Gasteiger partial charge in [0.15, 0.2) is 11.6 Å². The minimum Gasteiger partial charge on any atom is -0.342 e. The Labute approximate surface area is 178 Å². The Kier molecular flexibility index (Phi) is 5.72. The van der Waals surface area contributed by atoms with Crippen molar-refractivity contribution in [2.75, 3.05) is 13.1 Å². The van der Waals surface area contributed by atoms with Gasteiger partial charge in [0, 0.05) is 25.9 Å². The molecule has 0 atom stereocenters. The lowest BCUT2D eigenvalue weighted by atomic mass is 9.97. The lowest BCUT2D eigenvalue weighted by Crippen LogP contribution is -2.38. The first-order valence-corrected chi connectivity index (χ1v) is 10.8. The van der Waals surface area contributed by atoms with E-state index in [1.165, 1.54) is 11.3 Å². The van der Waals surface area contributed by atoms with Gasteiger partial charge in [-0.25, -0.2) is 4.98 Å². The molecule has 3 heterocycles. The van der Waals surface area contributed by atoms with Crippen LogP contribution in [0.25, 0.3) is 5.69 Å². The Balaban J connectivity index is 1.34. The van der Waals surface area contributed by atoms with Crippen LogP contribution in [0.1, 0.15) is 57.4 Å². The fraction of sp³-hybridized carbons (Fsp3) is 0.429. The molecule has 1 aliphatic rings. The van der Waals surface area contributed by atoms with Crippen molar-refractivity contribution in [2.24, 2.45) is 0 Å². The van der Waals surface area contributed by atoms with Crippen LogP contribution in [0.5, 0.6) is 0 Å². The van der Waals surface area contributed by atoms with Crippen LogP contribution >= 0.6 is 11.3 Å². The van der Waals surface area contributed by atoms with Gasteiger partial charge in [-0.15, -0.1) is 16.4 Å². The standard InChI is InChI=1S/C21H24N6O2S/c1-13-20(14(2)28)30-21(22-13)17-8-10-26(11-9-17)19(29)12-16-4-6-18(7-5-16)27-15(3)23-24-25-27/h4-7,17H,8-12H2,1-3H3. The summed E-state index contributed by atoms with van der Waals surface area (Å²) in [5.74, 6) is 1.25. The summed E-state index contributed by atoms with van der Waals surface area (Å²) in [4.78, 5) is 31.7. The van der Waals surface area contributed by atoms with Crippen molar-refractivity contribution in [3.05, 3.63) is 51.2 Å². The van der Waals surface area contributed by atoms with Crippen LogP contribution in [0.4, 0.5) is 0 Å². The van der Waals surface area contributed by atoms with E-state index in [-0.39, 0.29) is 11.7 Å². The number of aryl methyl sites for hydroxylation is 2. The molecule has 1 saturated heterocycles. The molecule has 30 heavy (non-hydrogen) atoms. The van der Waals surface area contributed by atoms with Crippen molar-refractivity contribution in [3.8, 4) is 5.69 Å². The third-order valence-electron chi connectivity index (χ3n) is 5.49. The Morgan fingerprint density at radius 2 is 1.83 bits per heavy atom. The number of Topliss-reactive ketones (excluding diaryl/α,β-unsaturated/α-hetero) is 1. The third kappa shape index (κ3) is 4.16. The monoisotopic (exact) mass is 424 g/mol. The van der Waals surface area contributed by atoms with E-state index in [4.69, 9.17) is 0 Å². The number of carbonyl (C=O) groups excluding carboxylic acids is 2. The molecule has 9 heteroatoms. The van der Waals surface area contributed by atoms with Crippen molar-refractivity contribution in [1.82, 2.24) is 30.1 Å². The van der Waals surface area contributed by atoms with E-state index < -0.39 is 0 Å². The van der Waals surface area contributed by atoms with Crippen molar-refractivity contribution in [2.45, 2.75) is 46.0 Å². The van der Waals surface area contributed by atoms with Gasteiger partial charge in [-0.2, -0.15) is 4.68 Å². The smallest absolute Gasteiger partial charge is 0.226 e. The lowest BCUT2D eigenvalue weighted by Gasteiger charge is -2.31. The van der Waals surface area contributed by atoms with E-state index in [2.05, 4.69) is 20.5 Å². The van der Waals surface area contributed by atoms with E-state index in [9.17, 15) is 9.59 Å². The number of ketones is 1. The van der Waals surface area contributed by atoms with Gasteiger partial charge in [0.25, 0.3) is 0 Å². The van der Waals surface area contributed by atoms with Gasteiger partial charge in [0.1, 0.15) is 0 Å². The fourth-order valence-electron chi connectivity index (χ4n) is 3.81. The molecule has 8 nitrogen and oxygen atoms in total. The van der Waals surface area contributed by atoms with Gasteiger partial charge in [-0.05, 0) is 54.8 Å². The first-order valence-electron chi connectivity index (χ1n) is 10.0. The Morgan fingerprint density at radius 1 is 1.13 bits per heavy atom. The second-order valence-corrected chi connectivity index (χ2v) is 8.69. The number of tetrazole rings is 1. The second-order valence-electron chi connectivity index (χ2n) is 7.66. The van der Waals surface area contributed by atoms with E-state index in [1.807, 2.05) is 43.0 Å². The quantitative estimate of drug-likeness (QED) is 0.585. The van der Waals surface area contributed by atoms with Crippen LogP contribution in [0.3, 0.4) is 0 Å². The van der Waals surface area contributed by atoms with Gasteiger partial charge < -0.3 is 4.90 Å². The van der Waals surface area contributed by atoms with Gasteiger partial charge >= 0.3 is 0 Å². The number of amides is 1. The highest BCUT2D eigenvalue weighted by molar-refractivity contribution is 7.13. The number of thiazole rings is 1. The number of benzene rings is 1. The summed E-state index contributed by atoms with van der Waals surface area (Å²) >= 11 is 1.51. The molecule has 4 rings (SSSR count). The molecule has 0 spiro atoms. The third-order valence-corrected chi connectivity index (χ3v) is 6.91. The normalized spacial score (nSPS) is 14.8. The van der Waals surface area contributed by atoms with Crippen LogP contribution in [0.15, 0.2) is 24.3 Å². The highest BCUT2D eigenvalue weighted by Crippen LogP contribution is 2.33. The average molecular weight is 425 g/mol. The number of rotatable bonds is 5. The predicted molar refractivity (Wildman–Crippen MR) is 113 cm³/mol. The molecule has 1 aliphatic heterocycles. The molecule has 2 aromatic heterocycles. The lowest BCUT2D eigenvalue weighted by molar-refractivity contribution is -0.131. The number of nitrogens with zero attached hydrogens (tertiary/aromatic N) is 6. The molecular weight excluding hydrogens is 400 g/mol. The predicted octanol–water partition coefficient (Wildman–Crippen LogP) is 2.89. The molecular formula is C21H24N6O2S. The number of hydrogen-bond donors (Lipinski definition) is 0. The van der Waals surface area contributed by atoms with Crippen molar-refractivity contribution in [3.63, 3.8) is 0 Å². The van der Waals surface area contributed by atoms with Gasteiger partial charge in [0.05, 0.1) is 27.7 Å². The zero-order chi connectivity index (χ0) is 21.3. The Hall–Kier alpha value is -2.94. The molecule has 1 fully saturated rings. The molecule has 0 saturated carbocycles. The zero-order valence-corrected chi connectivity index (χ0v) is 18.1. The number of carbonyl (C=O) groups is 2. The van der Waals surface area contributed by atoms with E-state index >= 15 is 0 Å². The summed E-state index contributed by atoms with van der Waals surface area (Å²) in [7, 11) is 0. The first-order chi connectivity index (χ1) is 14.4. The van der Waals surface area contributed by atoms with Crippen LogP contribution in [0.2, 0.25) is 0 Å². The number of piperidine rings is 1. The van der Waals surface area contributed by atoms with Gasteiger partial charge in [-0.1, -0.05) is 12.1 Å². The highest BCUT2D eigenvalue weighted by Gasteiger charge is 2.27. The van der Waals surface area contributed by atoms with Crippen LogP contribution in [-0.2, 0) is 11.2 Å². The molecule has 3 aromatic rings. The zero-order valence-electron chi connectivity index (χ0n) is 17.3. The summed E-state index contributed by atoms with van der Waals surface area (Å²) in [6.45, 7) is 6.76.